The van der Waals surface area contributed by atoms with Crippen LogP contribution in [-0.4, -0.2) is 25.2 Å². The van der Waals surface area contributed by atoms with Crippen LogP contribution in [0.15, 0.2) is 30.3 Å². The molecule has 0 bridgehead atoms. The van der Waals surface area contributed by atoms with Crippen LogP contribution < -0.4 is 11.1 Å². The minimum Gasteiger partial charge on any atom is -0.378 e. The summed E-state index contributed by atoms with van der Waals surface area (Å²) >= 11 is 0. The molecule has 1 amide bonds. The quantitative estimate of drug-likeness (QED) is 0.827. The van der Waals surface area contributed by atoms with Gasteiger partial charge in [0.1, 0.15) is 0 Å². The van der Waals surface area contributed by atoms with E-state index >= 15 is 0 Å². The lowest BCUT2D eigenvalue weighted by atomic mass is 10.1. The molecule has 4 nitrogen and oxygen atoms in total. The molecule has 0 radical (unpaired) electrons. The molecule has 1 heterocycles. The van der Waals surface area contributed by atoms with E-state index in [2.05, 4.69) is 5.32 Å². The summed E-state index contributed by atoms with van der Waals surface area (Å²) < 4.78 is 5.42. The van der Waals surface area contributed by atoms with Crippen molar-refractivity contribution in [2.24, 2.45) is 5.73 Å². The Morgan fingerprint density at radius 2 is 2.22 bits per heavy atom. The van der Waals surface area contributed by atoms with Crippen LogP contribution in [0.1, 0.15) is 30.9 Å². The van der Waals surface area contributed by atoms with E-state index in [1.807, 2.05) is 30.3 Å². The molecule has 2 rings (SSSR count). The maximum Gasteiger partial charge on any atom is 0.222 e. The molecular formula is C14H20N2O2. The second-order valence-electron chi connectivity index (χ2n) is 4.66. The van der Waals surface area contributed by atoms with Gasteiger partial charge in [-0.1, -0.05) is 30.3 Å². The summed E-state index contributed by atoms with van der Waals surface area (Å²) in [5, 5.41) is 2.86. The molecule has 2 atom stereocenters. The second kappa shape index (κ2) is 6.52. The first-order valence-corrected chi connectivity index (χ1v) is 6.44. The lowest BCUT2D eigenvalue weighted by Crippen LogP contribution is -2.33. The van der Waals surface area contributed by atoms with Crippen LogP contribution in [-0.2, 0) is 9.53 Å². The third-order valence-corrected chi connectivity index (χ3v) is 3.18. The molecule has 4 heteroatoms. The summed E-state index contributed by atoms with van der Waals surface area (Å²) in [5.74, 6) is 0.0216. The first-order valence-electron chi connectivity index (χ1n) is 6.44. The van der Waals surface area contributed by atoms with E-state index in [0.29, 0.717) is 13.0 Å². The summed E-state index contributed by atoms with van der Waals surface area (Å²) in [4.78, 5) is 11.7. The predicted molar refractivity (Wildman–Crippen MR) is 70.0 cm³/mol. The summed E-state index contributed by atoms with van der Waals surface area (Å²) in [7, 11) is 0. The van der Waals surface area contributed by atoms with Crippen molar-refractivity contribution in [2.75, 3.05) is 13.2 Å². The number of nitrogens with one attached hydrogen (secondary N) is 1. The number of carbonyl (C=O) groups excluding carboxylic acids is 1. The van der Waals surface area contributed by atoms with Gasteiger partial charge in [0.05, 0.1) is 12.5 Å². The Morgan fingerprint density at radius 1 is 1.44 bits per heavy atom. The van der Waals surface area contributed by atoms with E-state index in [1.54, 1.807) is 0 Å². The SMILES string of the molecule is NC(CNC(=O)CC1CCCO1)c1ccccc1. The zero-order valence-corrected chi connectivity index (χ0v) is 10.5. The third-order valence-electron chi connectivity index (χ3n) is 3.18. The Labute approximate surface area is 108 Å². The summed E-state index contributed by atoms with van der Waals surface area (Å²) in [6.45, 7) is 1.25. The Balaban J connectivity index is 1.72. The lowest BCUT2D eigenvalue weighted by molar-refractivity contribution is -0.123. The highest BCUT2D eigenvalue weighted by Gasteiger charge is 2.19. The molecule has 18 heavy (non-hydrogen) atoms. The fraction of sp³-hybridized carbons (Fsp3) is 0.500. The van der Waals surface area contributed by atoms with E-state index in [4.69, 9.17) is 10.5 Å². The van der Waals surface area contributed by atoms with Crippen LogP contribution >= 0.6 is 0 Å². The highest BCUT2D eigenvalue weighted by molar-refractivity contribution is 5.76. The first kappa shape index (κ1) is 13.1. The van der Waals surface area contributed by atoms with E-state index in [9.17, 15) is 4.79 Å². The minimum absolute atomic E-state index is 0.0216. The monoisotopic (exact) mass is 248 g/mol. The van der Waals surface area contributed by atoms with Crippen molar-refractivity contribution < 1.29 is 9.53 Å². The van der Waals surface area contributed by atoms with Crippen molar-refractivity contribution in [1.82, 2.24) is 5.32 Å². The molecule has 1 aliphatic heterocycles. The molecule has 0 aromatic heterocycles. The van der Waals surface area contributed by atoms with Crippen molar-refractivity contribution in [3.8, 4) is 0 Å². The average Bonchev–Trinajstić information content (AvgIpc) is 2.90. The number of rotatable bonds is 5. The zero-order chi connectivity index (χ0) is 12.8. The van der Waals surface area contributed by atoms with E-state index in [-0.39, 0.29) is 18.1 Å². The fourth-order valence-corrected chi connectivity index (χ4v) is 2.13. The van der Waals surface area contributed by atoms with Crippen molar-refractivity contribution in [1.29, 1.82) is 0 Å². The molecule has 0 spiro atoms. The number of amides is 1. The van der Waals surface area contributed by atoms with Crippen LogP contribution in [0.25, 0.3) is 0 Å². The van der Waals surface area contributed by atoms with Crippen LogP contribution in [0.4, 0.5) is 0 Å². The summed E-state index contributed by atoms with van der Waals surface area (Å²) in [5.41, 5.74) is 7.04. The molecule has 3 N–H and O–H groups in total. The first-order chi connectivity index (χ1) is 8.75. The molecule has 0 saturated carbocycles. The van der Waals surface area contributed by atoms with Crippen LogP contribution in [0.2, 0.25) is 0 Å². The number of ether oxygens (including phenoxy) is 1. The van der Waals surface area contributed by atoms with Gasteiger partial charge in [-0.25, -0.2) is 0 Å². The highest BCUT2D eigenvalue weighted by atomic mass is 16.5. The molecule has 1 aromatic carbocycles. The number of nitrogens with two attached hydrogens (primary N) is 1. The smallest absolute Gasteiger partial charge is 0.222 e. The van der Waals surface area contributed by atoms with Crippen LogP contribution in [0.5, 0.6) is 0 Å². The van der Waals surface area contributed by atoms with Crippen molar-refractivity contribution in [3.05, 3.63) is 35.9 Å². The number of hydrogen-bond acceptors (Lipinski definition) is 3. The van der Waals surface area contributed by atoms with Gasteiger partial charge < -0.3 is 15.8 Å². The molecule has 98 valence electrons. The Kier molecular flexibility index (Phi) is 4.73. The number of benzene rings is 1. The lowest BCUT2D eigenvalue weighted by Gasteiger charge is -2.14. The summed E-state index contributed by atoms with van der Waals surface area (Å²) in [6, 6.07) is 9.63. The van der Waals surface area contributed by atoms with Crippen molar-refractivity contribution in [2.45, 2.75) is 31.4 Å². The molecule has 0 aliphatic carbocycles. The molecule has 1 aliphatic rings. The molecule has 2 unspecified atom stereocenters. The van der Waals surface area contributed by atoms with Gasteiger partial charge in [0.15, 0.2) is 0 Å². The minimum atomic E-state index is -0.153. The Bertz CT molecular complexity index is 375. The Morgan fingerprint density at radius 3 is 2.89 bits per heavy atom. The predicted octanol–water partition coefficient (Wildman–Crippen LogP) is 1.37. The van der Waals surface area contributed by atoms with Gasteiger partial charge in [-0.15, -0.1) is 0 Å². The standard InChI is InChI=1S/C14H20N2O2/c15-13(11-5-2-1-3-6-11)10-16-14(17)9-12-7-4-8-18-12/h1-3,5-6,12-13H,4,7-10,15H2,(H,16,17). The van der Waals surface area contributed by atoms with Gasteiger partial charge in [-0.2, -0.15) is 0 Å². The van der Waals surface area contributed by atoms with E-state index in [0.717, 1.165) is 25.0 Å². The average molecular weight is 248 g/mol. The molecule has 1 fully saturated rings. The van der Waals surface area contributed by atoms with Gasteiger partial charge in [-0.3, -0.25) is 4.79 Å². The maximum absolute atomic E-state index is 11.7. The molecule has 1 aromatic rings. The third kappa shape index (κ3) is 3.82. The van der Waals surface area contributed by atoms with E-state index < -0.39 is 0 Å². The highest BCUT2D eigenvalue weighted by Crippen LogP contribution is 2.15. The number of carbonyl (C=O) groups is 1. The van der Waals surface area contributed by atoms with Crippen LogP contribution in [0, 0.1) is 0 Å². The van der Waals surface area contributed by atoms with Gasteiger partial charge in [0.2, 0.25) is 5.91 Å². The van der Waals surface area contributed by atoms with E-state index in [1.165, 1.54) is 0 Å². The largest absolute Gasteiger partial charge is 0.378 e. The van der Waals surface area contributed by atoms with Gasteiger partial charge >= 0.3 is 0 Å². The van der Waals surface area contributed by atoms with Crippen molar-refractivity contribution >= 4 is 5.91 Å². The second-order valence-corrected chi connectivity index (χ2v) is 4.66. The fourth-order valence-electron chi connectivity index (χ4n) is 2.13. The maximum atomic E-state index is 11.7. The van der Waals surface area contributed by atoms with Crippen LogP contribution in [0.3, 0.4) is 0 Å². The van der Waals surface area contributed by atoms with Gasteiger partial charge in [0.25, 0.3) is 0 Å². The van der Waals surface area contributed by atoms with Gasteiger partial charge in [-0.05, 0) is 18.4 Å². The topological polar surface area (TPSA) is 64.3 Å². The Hall–Kier alpha value is -1.39. The van der Waals surface area contributed by atoms with Crippen molar-refractivity contribution in [3.63, 3.8) is 0 Å². The zero-order valence-electron chi connectivity index (χ0n) is 10.5. The normalized spacial score (nSPS) is 20.6. The summed E-state index contributed by atoms with van der Waals surface area (Å²) in [6.07, 6.45) is 2.58. The molecule has 1 saturated heterocycles. The van der Waals surface area contributed by atoms with Gasteiger partial charge in [0, 0.05) is 19.2 Å². The number of hydrogen-bond donors (Lipinski definition) is 2. The molecular weight excluding hydrogens is 228 g/mol.